The Morgan fingerprint density at radius 2 is 2.03 bits per heavy atom. The molecule has 4 aromatic rings. The first-order valence-corrected chi connectivity index (χ1v) is 12.4. The Morgan fingerprint density at radius 3 is 2.72 bits per heavy atom. The van der Waals surface area contributed by atoms with Crippen LogP contribution in [0.15, 0.2) is 47.9 Å². The van der Waals surface area contributed by atoms with Gasteiger partial charge in [-0.15, -0.1) is 11.3 Å². The van der Waals surface area contributed by atoms with E-state index in [1.807, 2.05) is 19.2 Å². The average molecular weight is 541 g/mol. The molecule has 2 aromatic heterocycles. The Labute approximate surface area is 220 Å². The van der Waals surface area contributed by atoms with Crippen molar-refractivity contribution in [3.05, 3.63) is 85.4 Å². The van der Waals surface area contributed by atoms with Crippen LogP contribution in [0.4, 0.5) is 21.5 Å². The number of anilines is 3. The molecule has 0 amide bonds. The minimum absolute atomic E-state index is 0.0135. The van der Waals surface area contributed by atoms with Crippen molar-refractivity contribution in [2.24, 2.45) is 0 Å². The van der Waals surface area contributed by atoms with Crippen LogP contribution >= 0.6 is 34.5 Å². The van der Waals surface area contributed by atoms with Crippen molar-refractivity contribution >= 4 is 62.5 Å². The molecule has 12 heteroatoms. The lowest BCUT2D eigenvalue weighted by atomic mass is 10.1. The maximum absolute atomic E-state index is 14.9. The van der Waals surface area contributed by atoms with E-state index < -0.39 is 5.82 Å². The van der Waals surface area contributed by atoms with Crippen LogP contribution in [-0.4, -0.2) is 9.97 Å². The van der Waals surface area contributed by atoms with Gasteiger partial charge in [-0.2, -0.15) is 10.8 Å². The minimum atomic E-state index is -0.606. The molecular formula is C24H19Cl2FN8S. The fourth-order valence-corrected chi connectivity index (χ4v) is 5.20. The molecule has 0 aliphatic carbocycles. The highest BCUT2D eigenvalue weighted by molar-refractivity contribution is 7.09. The summed E-state index contributed by atoms with van der Waals surface area (Å²) < 4.78 is 14.9. The maximum Gasteiger partial charge on any atom is 0.165 e. The third-order valence-corrected chi connectivity index (χ3v) is 7.50. The Kier molecular flexibility index (Phi) is 6.55. The zero-order chi connectivity index (χ0) is 25.4. The van der Waals surface area contributed by atoms with E-state index in [2.05, 4.69) is 43.1 Å². The van der Waals surface area contributed by atoms with Crippen molar-refractivity contribution in [2.75, 3.05) is 10.6 Å². The largest absolute Gasteiger partial charge is 0.372 e. The summed E-state index contributed by atoms with van der Waals surface area (Å²) in [6.07, 6.45) is 3.22. The number of thiazole rings is 1. The molecule has 8 nitrogen and oxygen atoms in total. The van der Waals surface area contributed by atoms with Crippen LogP contribution in [-0.2, 0) is 0 Å². The van der Waals surface area contributed by atoms with Gasteiger partial charge >= 0.3 is 0 Å². The van der Waals surface area contributed by atoms with Crippen molar-refractivity contribution in [1.82, 2.24) is 26.4 Å². The van der Waals surface area contributed by atoms with E-state index in [1.54, 1.807) is 30.6 Å². The van der Waals surface area contributed by atoms with Gasteiger partial charge in [0.25, 0.3) is 0 Å². The molecule has 0 radical (unpaired) electrons. The van der Waals surface area contributed by atoms with E-state index in [0.717, 1.165) is 16.3 Å². The van der Waals surface area contributed by atoms with Gasteiger partial charge in [-0.05, 0) is 37.6 Å². The fraction of sp³-hybridized carbons (Fsp3) is 0.125. The van der Waals surface area contributed by atoms with Crippen molar-refractivity contribution in [1.29, 1.82) is 5.26 Å². The topological polar surface area (TPSA) is 110 Å². The van der Waals surface area contributed by atoms with Crippen LogP contribution < -0.4 is 27.0 Å². The Bertz CT molecular complexity index is 1560. The van der Waals surface area contributed by atoms with E-state index in [1.165, 1.54) is 17.5 Å². The third kappa shape index (κ3) is 4.38. The monoisotopic (exact) mass is 540 g/mol. The summed E-state index contributed by atoms with van der Waals surface area (Å²) in [5, 5.41) is 17.2. The Hall–Kier alpha value is -3.62. The maximum atomic E-state index is 14.9. The summed E-state index contributed by atoms with van der Waals surface area (Å²) in [7, 11) is 0. The third-order valence-electron chi connectivity index (χ3n) is 5.75. The summed E-state index contributed by atoms with van der Waals surface area (Å²) in [6.45, 7) is 3.66. The average Bonchev–Trinajstić information content (AvgIpc) is 3.55. The smallest absolute Gasteiger partial charge is 0.165 e. The number of fused-ring (bicyclic) bond motifs is 1. The number of nitrogens with one attached hydrogen (secondary N) is 5. The molecule has 5 N–H and O–H groups in total. The van der Waals surface area contributed by atoms with Crippen molar-refractivity contribution in [3.63, 3.8) is 0 Å². The number of halogens is 3. The molecule has 0 fully saturated rings. The predicted molar refractivity (Wildman–Crippen MR) is 142 cm³/mol. The van der Waals surface area contributed by atoms with Gasteiger partial charge in [0.05, 0.1) is 54.3 Å². The summed E-state index contributed by atoms with van der Waals surface area (Å²) in [6, 6.07) is 8.71. The quantitative estimate of drug-likeness (QED) is 0.203. The lowest BCUT2D eigenvalue weighted by Crippen LogP contribution is -2.33. The Balaban J connectivity index is 1.62. The van der Waals surface area contributed by atoms with Gasteiger partial charge in [-0.3, -0.25) is 4.98 Å². The summed E-state index contributed by atoms with van der Waals surface area (Å²) >= 11 is 14.3. The number of hydrogen-bond donors (Lipinski definition) is 5. The summed E-state index contributed by atoms with van der Waals surface area (Å²) in [5.41, 5.74) is 14.9. The number of hydrogen-bond acceptors (Lipinski definition) is 9. The summed E-state index contributed by atoms with van der Waals surface area (Å²) in [4.78, 5) is 9.76. The Morgan fingerprint density at radius 1 is 1.19 bits per heavy atom. The number of rotatable bonds is 6. The van der Waals surface area contributed by atoms with Gasteiger partial charge in [0.1, 0.15) is 12.1 Å². The lowest BCUT2D eigenvalue weighted by Gasteiger charge is -2.21. The van der Waals surface area contributed by atoms with E-state index in [0.29, 0.717) is 32.9 Å². The summed E-state index contributed by atoms with van der Waals surface area (Å²) in [5.74, 6) is -0.606. The molecule has 1 atom stereocenters. The zero-order valence-electron chi connectivity index (χ0n) is 19.0. The van der Waals surface area contributed by atoms with Crippen LogP contribution in [0, 0.1) is 31.0 Å². The fourth-order valence-electron chi connectivity index (χ4n) is 3.89. The minimum Gasteiger partial charge on any atom is -0.372 e. The highest BCUT2D eigenvalue weighted by Crippen LogP contribution is 2.38. The molecule has 0 unspecified atom stereocenters. The molecule has 36 heavy (non-hydrogen) atoms. The molecule has 1 aliphatic rings. The van der Waals surface area contributed by atoms with Crippen molar-refractivity contribution in [2.45, 2.75) is 19.9 Å². The molecule has 0 saturated carbocycles. The van der Waals surface area contributed by atoms with E-state index in [-0.39, 0.29) is 22.3 Å². The SMILES string of the molecule is Cc1ccc(Nc2c(C#N)cnc3c(Cl)cc(N[C@H](C4=CNNN4)c4scnc4C)cc23)c(F)c1Cl. The molecule has 182 valence electrons. The van der Waals surface area contributed by atoms with Gasteiger partial charge in [-0.25, -0.2) is 9.37 Å². The van der Waals surface area contributed by atoms with Crippen LogP contribution in [0.25, 0.3) is 10.9 Å². The number of benzene rings is 2. The van der Waals surface area contributed by atoms with Crippen LogP contribution in [0.1, 0.15) is 27.7 Å². The van der Waals surface area contributed by atoms with Gasteiger partial charge in [-0.1, -0.05) is 29.3 Å². The molecule has 1 aliphatic heterocycles. The first kappa shape index (κ1) is 24.1. The number of aromatic nitrogens is 2. The first-order chi connectivity index (χ1) is 17.4. The van der Waals surface area contributed by atoms with Crippen LogP contribution in [0.5, 0.6) is 0 Å². The highest BCUT2D eigenvalue weighted by Gasteiger charge is 2.24. The zero-order valence-corrected chi connectivity index (χ0v) is 21.3. The molecule has 5 rings (SSSR count). The van der Waals surface area contributed by atoms with E-state index in [4.69, 9.17) is 23.2 Å². The number of hydrazine groups is 2. The van der Waals surface area contributed by atoms with Crippen molar-refractivity contribution in [3.8, 4) is 6.07 Å². The molecule has 0 spiro atoms. The first-order valence-electron chi connectivity index (χ1n) is 10.7. The standard InChI is InChI=1S/C24H19Cl2FN8S/c1-11-3-4-17(20(27)19(11)26)33-21-13(7-28)8-29-22-15(21)5-14(6-16(22)25)32-23(18-9-31-35-34-18)24-12(2)30-10-36-24/h3-6,8-10,23,31-32,34-35H,1-2H3,(H,29,33)/t23-/m1/s1. The molecular weight excluding hydrogens is 522 g/mol. The van der Waals surface area contributed by atoms with Gasteiger partial charge in [0.15, 0.2) is 5.82 Å². The van der Waals surface area contributed by atoms with E-state index >= 15 is 0 Å². The van der Waals surface area contributed by atoms with Gasteiger partial charge in [0, 0.05) is 23.5 Å². The lowest BCUT2D eigenvalue weighted by molar-refractivity contribution is 0.584. The van der Waals surface area contributed by atoms with Gasteiger partial charge in [0.2, 0.25) is 0 Å². The number of nitrogens with zero attached hydrogens (tertiary/aromatic N) is 3. The number of nitriles is 1. The van der Waals surface area contributed by atoms with Crippen LogP contribution in [0.3, 0.4) is 0 Å². The highest BCUT2D eigenvalue weighted by atomic mass is 35.5. The number of pyridine rings is 1. The van der Waals surface area contributed by atoms with E-state index in [9.17, 15) is 9.65 Å². The normalized spacial score (nSPS) is 13.5. The predicted octanol–water partition coefficient (Wildman–Crippen LogP) is 5.98. The number of aryl methyl sites for hydroxylation is 2. The van der Waals surface area contributed by atoms with Crippen LogP contribution in [0.2, 0.25) is 10.0 Å². The second-order valence-electron chi connectivity index (χ2n) is 8.07. The molecule has 3 heterocycles. The molecule has 2 aromatic carbocycles. The van der Waals surface area contributed by atoms with Crippen molar-refractivity contribution < 1.29 is 4.39 Å². The second kappa shape index (κ2) is 9.79. The second-order valence-corrected chi connectivity index (χ2v) is 9.74. The molecule has 0 saturated heterocycles. The van der Waals surface area contributed by atoms with Gasteiger partial charge < -0.3 is 21.5 Å². The molecule has 0 bridgehead atoms.